The summed E-state index contributed by atoms with van der Waals surface area (Å²) in [7, 11) is 1.39. The topological polar surface area (TPSA) is 44.8 Å². The molecule has 2 fully saturated rings. The number of methoxy groups -OCH3 is 1. The second kappa shape index (κ2) is 5.89. The Morgan fingerprint density at radius 2 is 2.44 bits per heavy atom. The fourth-order valence-electron chi connectivity index (χ4n) is 2.05. The first-order valence-electron chi connectivity index (χ1n) is 5.73. The third-order valence-electron chi connectivity index (χ3n) is 2.91. The van der Waals surface area contributed by atoms with Gasteiger partial charge in [0.1, 0.15) is 0 Å². The maximum absolute atomic E-state index is 11.1. The first-order chi connectivity index (χ1) is 7.78. The van der Waals surface area contributed by atoms with Crippen molar-refractivity contribution in [3.05, 3.63) is 0 Å². The molecule has 4 nitrogen and oxygen atoms in total. The Labute approximate surface area is 100 Å². The van der Waals surface area contributed by atoms with Crippen LogP contribution in [0, 0.1) is 0 Å². The summed E-state index contributed by atoms with van der Waals surface area (Å²) in [6, 6.07) is 0. The van der Waals surface area contributed by atoms with E-state index >= 15 is 0 Å². The highest BCUT2D eigenvalue weighted by Gasteiger charge is 2.31. The number of rotatable bonds is 4. The molecule has 0 aromatic rings. The van der Waals surface area contributed by atoms with Gasteiger partial charge in [-0.2, -0.15) is 11.8 Å². The summed E-state index contributed by atoms with van der Waals surface area (Å²) in [4.78, 5) is 11.1. The van der Waals surface area contributed by atoms with Gasteiger partial charge in [0.15, 0.2) is 6.29 Å². The van der Waals surface area contributed by atoms with E-state index in [2.05, 4.69) is 4.74 Å². The van der Waals surface area contributed by atoms with Crippen molar-refractivity contribution in [2.45, 2.75) is 43.3 Å². The molecule has 5 heteroatoms. The van der Waals surface area contributed by atoms with Crippen molar-refractivity contribution < 1.29 is 19.0 Å². The first-order valence-corrected chi connectivity index (χ1v) is 6.78. The zero-order valence-corrected chi connectivity index (χ0v) is 10.3. The predicted molar refractivity (Wildman–Crippen MR) is 61.3 cm³/mol. The maximum Gasteiger partial charge on any atom is 0.308 e. The molecule has 3 unspecified atom stereocenters. The monoisotopic (exact) mass is 246 g/mol. The lowest BCUT2D eigenvalue weighted by molar-refractivity contribution is -0.143. The standard InChI is InChI=1S/C11H18O4S/c1-13-10(12)5-8-7-14-11(15-8)6-9-3-2-4-16-9/h8-9,11H,2-7H2,1H3. The highest BCUT2D eigenvalue weighted by Crippen LogP contribution is 2.32. The summed E-state index contributed by atoms with van der Waals surface area (Å²) in [5.41, 5.74) is 0. The molecule has 0 radical (unpaired) electrons. The zero-order chi connectivity index (χ0) is 11.4. The number of esters is 1. The van der Waals surface area contributed by atoms with Gasteiger partial charge in [0, 0.05) is 11.7 Å². The minimum atomic E-state index is -0.232. The molecule has 16 heavy (non-hydrogen) atoms. The van der Waals surface area contributed by atoms with Gasteiger partial charge in [-0.05, 0) is 18.6 Å². The van der Waals surface area contributed by atoms with Crippen molar-refractivity contribution in [3.8, 4) is 0 Å². The van der Waals surface area contributed by atoms with Gasteiger partial charge in [-0.15, -0.1) is 0 Å². The Bertz CT molecular complexity index is 240. The molecule has 0 aromatic heterocycles. The molecule has 2 rings (SSSR count). The van der Waals surface area contributed by atoms with E-state index in [0.717, 1.165) is 6.42 Å². The average Bonchev–Trinajstić information content (AvgIpc) is 2.91. The van der Waals surface area contributed by atoms with Crippen molar-refractivity contribution in [3.63, 3.8) is 0 Å². The molecule has 2 aliphatic heterocycles. The smallest absolute Gasteiger partial charge is 0.308 e. The molecular formula is C11H18O4S. The first kappa shape index (κ1) is 12.2. The fourth-order valence-corrected chi connectivity index (χ4v) is 3.35. The van der Waals surface area contributed by atoms with Gasteiger partial charge in [-0.25, -0.2) is 0 Å². The summed E-state index contributed by atoms with van der Waals surface area (Å²) < 4.78 is 15.8. The Hall–Kier alpha value is -0.260. The Kier molecular flexibility index (Phi) is 4.49. The molecule has 0 aliphatic carbocycles. The zero-order valence-electron chi connectivity index (χ0n) is 9.52. The quantitative estimate of drug-likeness (QED) is 0.705. The summed E-state index contributed by atoms with van der Waals surface area (Å²) in [5.74, 6) is 1.02. The third-order valence-corrected chi connectivity index (χ3v) is 4.34. The molecule has 0 saturated carbocycles. The van der Waals surface area contributed by atoms with Crippen LogP contribution >= 0.6 is 11.8 Å². The summed E-state index contributed by atoms with van der Waals surface area (Å²) >= 11 is 2.00. The van der Waals surface area contributed by atoms with Gasteiger partial charge >= 0.3 is 5.97 Å². The van der Waals surface area contributed by atoms with Gasteiger partial charge < -0.3 is 14.2 Å². The molecule has 0 N–H and O–H groups in total. The van der Waals surface area contributed by atoms with Crippen molar-refractivity contribution in [1.29, 1.82) is 0 Å². The van der Waals surface area contributed by atoms with E-state index in [1.165, 1.54) is 25.7 Å². The van der Waals surface area contributed by atoms with Crippen molar-refractivity contribution in [2.24, 2.45) is 0 Å². The molecule has 92 valence electrons. The number of carbonyl (C=O) groups excluding carboxylic acids is 1. The predicted octanol–water partition coefficient (Wildman–Crippen LogP) is 1.58. The van der Waals surface area contributed by atoms with Crippen LogP contribution in [0.15, 0.2) is 0 Å². The minimum Gasteiger partial charge on any atom is -0.469 e. The van der Waals surface area contributed by atoms with E-state index in [4.69, 9.17) is 9.47 Å². The number of thioether (sulfide) groups is 1. The second-order valence-electron chi connectivity index (χ2n) is 4.17. The minimum absolute atomic E-state index is 0.120. The lowest BCUT2D eigenvalue weighted by atomic mass is 10.2. The highest BCUT2D eigenvalue weighted by atomic mass is 32.2. The van der Waals surface area contributed by atoms with E-state index in [1.54, 1.807) is 0 Å². The molecule has 2 heterocycles. The number of hydrogen-bond donors (Lipinski definition) is 0. The van der Waals surface area contributed by atoms with Crippen molar-refractivity contribution in [2.75, 3.05) is 19.5 Å². The van der Waals surface area contributed by atoms with Gasteiger partial charge in [0.25, 0.3) is 0 Å². The lowest BCUT2D eigenvalue weighted by Gasteiger charge is -2.14. The fraction of sp³-hybridized carbons (Fsp3) is 0.909. The molecule has 0 spiro atoms. The van der Waals surface area contributed by atoms with Crippen molar-refractivity contribution in [1.82, 2.24) is 0 Å². The number of ether oxygens (including phenoxy) is 3. The van der Waals surface area contributed by atoms with E-state index < -0.39 is 0 Å². The van der Waals surface area contributed by atoms with Crippen LogP contribution < -0.4 is 0 Å². The summed E-state index contributed by atoms with van der Waals surface area (Å²) in [6.07, 6.45) is 3.56. The van der Waals surface area contributed by atoms with E-state index in [-0.39, 0.29) is 18.4 Å². The molecular weight excluding hydrogens is 228 g/mol. The molecule has 0 aromatic carbocycles. The van der Waals surface area contributed by atoms with Gasteiger partial charge in [-0.3, -0.25) is 4.79 Å². The van der Waals surface area contributed by atoms with Crippen LogP contribution in [-0.2, 0) is 19.0 Å². The molecule has 2 aliphatic rings. The van der Waals surface area contributed by atoms with Gasteiger partial charge in [0.2, 0.25) is 0 Å². The van der Waals surface area contributed by atoms with E-state index in [9.17, 15) is 4.79 Å². The number of hydrogen-bond acceptors (Lipinski definition) is 5. The Morgan fingerprint density at radius 1 is 1.56 bits per heavy atom. The highest BCUT2D eigenvalue weighted by molar-refractivity contribution is 8.00. The summed E-state index contributed by atoms with van der Waals surface area (Å²) in [5, 5.41) is 0.668. The van der Waals surface area contributed by atoms with E-state index in [0.29, 0.717) is 18.3 Å². The average molecular weight is 246 g/mol. The number of carbonyl (C=O) groups is 1. The van der Waals surface area contributed by atoms with Crippen LogP contribution in [0.25, 0.3) is 0 Å². The van der Waals surface area contributed by atoms with Crippen molar-refractivity contribution >= 4 is 17.7 Å². The normalized spacial score (nSPS) is 34.2. The second-order valence-corrected chi connectivity index (χ2v) is 5.58. The lowest BCUT2D eigenvalue weighted by Crippen LogP contribution is -2.19. The third kappa shape index (κ3) is 3.37. The molecule has 0 bridgehead atoms. The molecule has 0 amide bonds. The van der Waals surface area contributed by atoms with Crippen LogP contribution in [0.2, 0.25) is 0 Å². The summed E-state index contributed by atoms with van der Waals surface area (Å²) in [6.45, 7) is 0.511. The SMILES string of the molecule is COC(=O)CC1COC(CC2CCCS2)O1. The van der Waals surface area contributed by atoms with E-state index in [1.807, 2.05) is 11.8 Å². The van der Waals surface area contributed by atoms with Crippen LogP contribution in [0.4, 0.5) is 0 Å². The van der Waals surface area contributed by atoms with Crippen LogP contribution in [0.3, 0.4) is 0 Å². The largest absolute Gasteiger partial charge is 0.469 e. The Morgan fingerprint density at radius 3 is 3.12 bits per heavy atom. The van der Waals surface area contributed by atoms with Gasteiger partial charge in [-0.1, -0.05) is 0 Å². The maximum atomic E-state index is 11.1. The van der Waals surface area contributed by atoms with Crippen LogP contribution in [0.1, 0.15) is 25.7 Å². The van der Waals surface area contributed by atoms with Gasteiger partial charge in [0.05, 0.1) is 26.2 Å². The van der Waals surface area contributed by atoms with Crippen LogP contribution in [-0.4, -0.2) is 43.1 Å². The Balaban J connectivity index is 1.68. The molecule has 3 atom stereocenters. The van der Waals surface area contributed by atoms with Crippen LogP contribution in [0.5, 0.6) is 0 Å². The molecule has 2 saturated heterocycles.